The minimum atomic E-state index is -0.744. The van der Waals surface area contributed by atoms with Gasteiger partial charge in [0.15, 0.2) is 0 Å². The van der Waals surface area contributed by atoms with E-state index in [1.54, 1.807) is 34.9 Å². The van der Waals surface area contributed by atoms with Crippen molar-refractivity contribution in [3.05, 3.63) is 67.8 Å². The van der Waals surface area contributed by atoms with E-state index in [9.17, 15) is 19.5 Å². The molecule has 1 aliphatic heterocycles. The molecule has 0 radical (unpaired) electrons. The van der Waals surface area contributed by atoms with Gasteiger partial charge >= 0.3 is 11.7 Å². The maximum absolute atomic E-state index is 13.3. The zero-order valence-electron chi connectivity index (χ0n) is 17.5. The fourth-order valence-corrected chi connectivity index (χ4v) is 5.34. The number of aromatic nitrogens is 2. The van der Waals surface area contributed by atoms with E-state index in [1.165, 1.54) is 4.57 Å². The normalized spacial score (nSPS) is 20.3. The van der Waals surface area contributed by atoms with Gasteiger partial charge in [-0.15, -0.1) is 0 Å². The first-order valence-corrected chi connectivity index (χ1v) is 11.4. The molecule has 0 spiro atoms. The number of carbonyl (C=O) groups is 1. The van der Waals surface area contributed by atoms with Crippen molar-refractivity contribution >= 4 is 34.2 Å². The Labute approximate surface area is 189 Å². The Kier molecular flexibility index (Phi) is 5.29. The minimum absolute atomic E-state index is 0.0625. The Morgan fingerprint density at radius 1 is 1.12 bits per heavy atom. The molecule has 2 N–H and O–H groups in total. The largest absolute Gasteiger partial charge is 0.481 e. The van der Waals surface area contributed by atoms with E-state index < -0.39 is 5.97 Å². The fourth-order valence-electron chi connectivity index (χ4n) is 5.16. The predicted molar refractivity (Wildman–Crippen MR) is 124 cm³/mol. The Bertz CT molecular complexity index is 1340. The molecule has 2 heterocycles. The summed E-state index contributed by atoms with van der Waals surface area (Å²) in [6, 6.07) is 10.5. The number of nitrogens with one attached hydrogen (secondary N) is 1. The Hall–Kier alpha value is -3.06. The van der Waals surface area contributed by atoms with Gasteiger partial charge in [-0.25, -0.2) is 9.36 Å². The SMILES string of the molecule is O=C(O)[C@@H]1CCC[C@@H](Nc2ccc3c(=O)n(-c4cccc(Cl)c4)c(=O)n4c3c2CCC4)C1. The van der Waals surface area contributed by atoms with Crippen LogP contribution in [0.3, 0.4) is 0 Å². The second-order valence-electron chi connectivity index (χ2n) is 8.69. The summed E-state index contributed by atoms with van der Waals surface area (Å²) in [6.45, 7) is 0.539. The molecule has 0 unspecified atom stereocenters. The van der Waals surface area contributed by atoms with Crippen LogP contribution >= 0.6 is 11.6 Å². The quantitative estimate of drug-likeness (QED) is 0.626. The van der Waals surface area contributed by atoms with Crippen molar-refractivity contribution in [2.45, 2.75) is 51.1 Å². The Morgan fingerprint density at radius 3 is 2.75 bits per heavy atom. The molecule has 3 aromatic rings. The van der Waals surface area contributed by atoms with E-state index in [0.717, 1.165) is 36.9 Å². The Morgan fingerprint density at radius 2 is 1.97 bits per heavy atom. The first kappa shape index (κ1) is 20.8. The molecule has 1 fully saturated rings. The summed E-state index contributed by atoms with van der Waals surface area (Å²) in [5, 5.41) is 13.9. The fraction of sp³-hybridized carbons (Fsp3) is 0.375. The molecule has 7 nitrogen and oxygen atoms in total. The van der Waals surface area contributed by atoms with Gasteiger partial charge in [-0.2, -0.15) is 0 Å². The van der Waals surface area contributed by atoms with Gasteiger partial charge in [0.1, 0.15) is 0 Å². The molecular weight excluding hydrogens is 430 g/mol. The highest BCUT2D eigenvalue weighted by molar-refractivity contribution is 6.30. The molecular formula is C24H24ClN3O4. The van der Waals surface area contributed by atoms with Crippen molar-refractivity contribution in [2.75, 3.05) is 5.32 Å². The summed E-state index contributed by atoms with van der Waals surface area (Å²) in [7, 11) is 0. The summed E-state index contributed by atoms with van der Waals surface area (Å²) < 4.78 is 2.87. The minimum Gasteiger partial charge on any atom is -0.481 e. The van der Waals surface area contributed by atoms with Gasteiger partial charge in [-0.05, 0) is 68.0 Å². The molecule has 2 aliphatic rings. The van der Waals surface area contributed by atoms with Crippen LogP contribution in [0, 0.1) is 5.92 Å². The van der Waals surface area contributed by atoms with E-state index in [2.05, 4.69) is 5.32 Å². The summed E-state index contributed by atoms with van der Waals surface area (Å²) in [5.74, 6) is -1.08. The van der Waals surface area contributed by atoms with Crippen LogP contribution in [-0.2, 0) is 17.8 Å². The summed E-state index contributed by atoms with van der Waals surface area (Å²) in [4.78, 5) is 38.1. The summed E-state index contributed by atoms with van der Waals surface area (Å²) >= 11 is 6.10. The molecule has 0 saturated heterocycles. The number of anilines is 1. The highest BCUT2D eigenvalue weighted by Crippen LogP contribution is 2.32. The lowest BCUT2D eigenvalue weighted by molar-refractivity contribution is -0.142. The highest BCUT2D eigenvalue weighted by atomic mass is 35.5. The molecule has 5 rings (SSSR count). The number of carboxylic acid groups (broad SMARTS) is 1. The number of aliphatic carboxylic acids is 1. The average Bonchev–Trinajstić information content (AvgIpc) is 2.78. The van der Waals surface area contributed by atoms with Crippen molar-refractivity contribution in [1.29, 1.82) is 0 Å². The monoisotopic (exact) mass is 453 g/mol. The third-order valence-electron chi connectivity index (χ3n) is 6.67. The van der Waals surface area contributed by atoms with Crippen molar-refractivity contribution in [2.24, 2.45) is 5.92 Å². The number of benzene rings is 2. The Balaban J connectivity index is 1.62. The van der Waals surface area contributed by atoms with Crippen LogP contribution in [0.25, 0.3) is 16.6 Å². The van der Waals surface area contributed by atoms with Crippen molar-refractivity contribution in [1.82, 2.24) is 9.13 Å². The van der Waals surface area contributed by atoms with Gasteiger partial charge in [0, 0.05) is 23.3 Å². The van der Waals surface area contributed by atoms with Crippen LogP contribution in [0.2, 0.25) is 5.02 Å². The number of rotatable bonds is 4. The van der Waals surface area contributed by atoms with Crippen LogP contribution in [-0.4, -0.2) is 26.3 Å². The second-order valence-corrected chi connectivity index (χ2v) is 9.13. The molecule has 1 saturated carbocycles. The molecule has 1 aliphatic carbocycles. The molecule has 32 heavy (non-hydrogen) atoms. The number of hydrogen-bond acceptors (Lipinski definition) is 4. The lowest BCUT2D eigenvalue weighted by atomic mass is 9.85. The molecule has 2 aromatic carbocycles. The number of aryl methyl sites for hydroxylation is 2. The van der Waals surface area contributed by atoms with Crippen molar-refractivity contribution in [3.63, 3.8) is 0 Å². The van der Waals surface area contributed by atoms with Gasteiger partial charge in [-0.3, -0.25) is 14.2 Å². The van der Waals surface area contributed by atoms with Crippen LogP contribution in [0.15, 0.2) is 46.0 Å². The standard InChI is InChI=1S/C24H24ClN3O4/c25-15-5-2-7-17(13-15)28-22(29)19-9-10-20(18-8-3-11-27(21(18)19)24(28)32)26-16-6-1-4-14(12-16)23(30)31/h2,5,7,9-10,13-14,16,26H,1,3-4,6,8,11-12H2,(H,30,31)/t14-,16-/m1/s1. The van der Waals surface area contributed by atoms with E-state index in [1.807, 2.05) is 6.07 Å². The molecule has 1 aromatic heterocycles. The van der Waals surface area contributed by atoms with Crippen LogP contribution < -0.4 is 16.6 Å². The van der Waals surface area contributed by atoms with Crippen LogP contribution in [0.1, 0.15) is 37.7 Å². The smallest absolute Gasteiger partial charge is 0.336 e. The third-order valence-corrected chi connectivity index (χ3v) is 6.90. The van der Waals surface area contributed by atoms with E-state index in [4.69, 9.17) is 11.6 Å². The summed E-state index contributed by atoms with van der Waals surface area (Å²) in [5.41, 5.74) is 2.25. The molecule has 0 amide bonds. The molecule has 8 heteroatoms. The lowest BCUT2D eigenvalue weighted by Crippen LogP contribution is -2.40. The van der Waals surface area contributed by atoms with Gasteiger partial charge in [0.2, 0.25) is 0 Å². The van der Waals surface area contributed by atoms with Gasteiger partial charge < -0.3 is 10.4 Å². The number of nitrogens with zero attached hydrogens (tertiary/aromatic N) is 2. The zero-order chi connectivity index (χ0) is 22.4. The predicted octanol–water partition coefficient (Wildman–Crippen LogP) is 3.81. The third kappa shape index (κ3) is 3.50. The highest BCUT2D eigenvalue weighted by Gasteiger charge is 2.28. The van der Waals surface area contributed by atoms with Crippen LogP contribution in [0.4, 0.5) is 5.69 Å². The maximum Gasteiger partial charge on any atom is 0.336 e. The first-order chi connectivity index (χ1) is 15.4. The maximum atomic E-state index is 13.3. The average molecular weight is 454 g/mol. The number of hydrogen-bond donors (Lipinski definition) is 2. The van der Waals surface area contributed by atoms with Gasteiger partial charge in [0.25, 0.3) is 5.56 Å². The van der Waals surface area contributed by atoms with Crippen molar-refractivity contribution < 1.29 is 9.90 Å². The topological polar surface area (TPSA) is 93.3 Å². The van der Waals surface area contributed by atoms with E-state index in [0.29, 0.717) is 41.0 Å². The van der Waals surface area contributed by atoms with Crippen LogP contribution in [0.5, 0.6) is 0 Å². The number of carboxylic acids is 1. The number of halogens is 1. The van der Waals surface area contributed by atoms with E-state index >= 15 is 0 Å². The van der Waals surface area contributed by atoms with E-state index in [-0.39, 0.29) is 23.2 Å². The second kappa shape index (κ2) is 8.13. The zero-order valence-corrected chi connectivity index (χ0v) is 18.3. The molecule has 0 bridgehead atoms. The van der Waals surface area contributed by atoms with Gasteiger partial charge in [0.05, 0.1) is 22.5 Å². The molecule has 2 atom stereocenters. The molecule has 166 valence electrons. The first-order valence-electron chi connectivity index (χ1n) is 11.0. The van der Waals surface area contributed by atoms with Gasteiger partial charge in [-0.1, -0.05) is 24.1 Å². The van der Waals surface area contributed by atoms with Crippen molar-refractivity contribution in [3.8, 4) is 5.69 Å². The lowest BCUT2D eigenvalue weighted by Gasteiger charge is -2.30. The summed E-state index contributed by atoms with van der Waals surface area (Å²) in [6.07, 6.45) is 4.61.